The highest BCUT2D eigenvalue weighted by molar-refractivity contribution is 6.03. The van der Waals surface area contributed by atoms with Crippen LogP contribution in [0.25, 0.3) is 11.0 Å². The number of rotatable bonds is 3. The Balaban J connectivity index is 1.49. The van der Waals surface area contributed by atoms with Crippen molar-refractivity contribution >= 4 is 22.6 Å². The van der Waals surface area contributed by atoms with Crippen LogP contribution in [0.15, 0.2) is 24.4 Å². The van der Waals surface area contributed by atoms with Crippen molar-refractivity contribution in [3.63, 3.8) is 0 Å². The van der Waals surface area contributed by atoms with E-state index in [1.165, 1.54) is 0 Å². The third kappa shape index (κ3) is 2.88. The summed E-state index contributed by atoms with van der Waals surface area (Å²) < 4.78 is 1.80. The number of aromatic nitrogens is 5. The molecule has 8 heteroatoms. The van der Waals surface area contributed by atoms with Gasteiger partial charge in [0, 0.05) is 5.69 Å². The molecule has 0 atom stereocenters. The zero-order valence-electron chi connectivity index (χ0n) is 13.4. The zero-order valence-corrected chi connectivity index (χ0v) is 13.4. The Labute approximate surface area is 138 Å². The van der Waals surface area contributed by atoms with Crippen LogP contribution < -0.4 is 10.6 Å². The smallest absolute Gasteiger partial charge is 0.277 e. The van der Waals surface area contributed by atoms with Crippen LogP contribution in [0.4, 0.5) is 5.69 Å². The Hall–Kier alpha value is -2.74. The molecule has 0 bridgehead atoms. The van der Waals surface area contributed by atoms with E-state index in [9.17, 15) is 4.79 Å². The van der Waals surface area contributed by atoms with Crippen LogP contribution in [-0.2, 0) is 0 Å². The molecule has 24 heavy (non-hydrogen) atoms. The number of amides is 1. The standard InChI is InChI=1S/C16H19N7O/c1-10-18-13-3-2-11(8-14(13)19-10)20-16(24)15-9-23(22-21-15)12-4-6-17-7-5-12/h2-3,8-9,12,17H,4-7H2,1H3,(H,18,19)(H,20,24). The van der Waals surface area contributed by atoms with Crippen molar-refractivity contribution in [2.45, 2.75) is 25.8 Å². The van der Waals surface area contributed by atoms with Crippen LogP contribution in [0.3, 0.4) is 0 Å². The first-order chi connectivity index (χ1) is 11.7. The van der Waals surface area contributed by atoms with Crippen LogP contribution in [0.1, 0.15) is 35.2 Å². The molecule has 3 aromatic rings. The van der Waals surface area contributed by atoms with E-state index in [-0.39, 0.29) is 5.91 Å². The number of benzene rings is 1. The summed E-state index contributed by atoms with van der Waals surface area (Å²) in [5, 5.41) is 14.3. The lowest BCUT2D eigenvalue weighted by Crippen LogP contribution is -2.29. The third-order valence-electron chi connectivity index (χ3n) is 4.28. The number of aryl methyl sites for hydroxylation is 1. The van der Waals surface area contributed by atoms with Gasteiger partial charge in [-0.05, 0) is 51.1 Å². The van der Waals surface area contributed by atoms with Crippen molar-refractivity contribution in [2.24, 2.45) is 0 Å². The number of nitrogens with one attached hydrogen (secondary N) is 3. The predicted octanol–water partition coefficient (Wildman–Crippen LogP) is 1.64. The summed E-state index contributed by atoms with van der Waals surface area (Å²) in [6, 6.07) is 5.88. The molecule has 0 saturated carbocycles. The van der Waals surface area contributed by atoms with Crippen LogP contribution in [0.5, 0.6) is 0 Å². The molecule has 124 valence electrons. The molecule has 4 rings (SSSR count). The maximum atomic E-state index is 12.4. The highest BCUT2D eigenvalue weighted by atomic mass is 16.2. The summed E-state index contributed by atoms with van der Waals surface area (Å²) in [7, 11) is 0. The van der Waals surface area contributed by atoms with Crippen molar-refractivity contribution in [2.75, 3.05) is 18.4 Å². The van der Waals surface area contributed by atoms with Gasteiger partial charge in [0.25, 0.3) is 5.91 Å². The molecule has 2 aromatic heterocycles. The summed E-state index contributed by atoms with van der Waals surface area (Å²) in [6.45, 7) is 3.84. The summed E-state index contributed by atoms with van der Waals surface area (Å²) in [5.74, 6) is 0.587. The summed E-state index contributed by atoms with van der Waals surface area (Å²) in [5.41, 5.74) is 2.80. The number of H-pyrrole nitrogens is 1. The van der Waals surface area contributed by atoms with Gasteiger partial charge in [-0.3, -0.25) is 4.79 Å². The Bertz CT molecular complexity index is 876. The van der Waals surface area contributed by atoms with E-state index in [0.717, 1.165) is 42.8 Å². The number of carbonyl (C=O) groups is 1. The molecular weight excluding hydrogens is 306 g/mol. The molecule has 1 aromatic carbocycles. The summed E-state index contributed by atoms with van der Waals surface area (Å²) >= 11 is 0. The minimum Gasteiger partial charge on any atom is -0.342 e. The minimum atomic E-state index is -0.259. The number of hydrogen-bond donors (Lipinski definition) is 3. The van der Waals surface area contributed by atoms with Crippen LogP contribution in [-0.4, -0.2) is 44.0 Å². The van der Waals surface area contributed by atoms with Crippen molar-refractivity contribution in [3.8, 4) is 0 Å². The lowest BCUT2D eigenvalue weighted by atomic mass is 10.1. The van der Waals surface area contributed by atoms with Gasteiger partial charge >= 0.3 is 0 Å². The molecule has 0 radical (unpaired) electrons. The molecule has 1 aliphatic heterocycles. The molecule has 1 aliphatic rings. The minimum absolute atomic E-state index is 0.259. The zero-order chi connectivity index (χ0) is 16.5. The number of imidazole rings is 1. The summed E-state index contributed by atoms with van der Waals surface area (Å²) in [4.78, 5) is 19.9. The maximum Gasteiger partial charge on any atom is 0.277 e. The molecule has 8 nitrogen and oxygen atoms in total. The Morgan fingerprint density at radius 2 is 2.17 bits per heavy atom. The third-order valence-corrected chi connectivity index (χ3v) is 4.28. The Kier molecular flexibility index (Phi) is 3.73. The van der Waals surface area contributed by atoms with Gasteiger partial charge in [-0.15, -0.1) is 5.10 Å². The molecule has 0 aliphatic carbocycles. The van der Waals surface area contributed by atoms with Gasteiger partial charge in [0.1, 0.15) is 5.82 Å². The van der Waals surface area contributed by atoms with Gasteiger partial charge in [0.15, 0.2) is 5.69 Å². The van der Waals surface area contributed by atoms with E-state index < -0.39 is 0 Å². The quantitative estimate of drug-likeness (QED) is 0.679. The lowest BCUT2D eigenvalue weighted by Gasteiger charge is -2.22. The molecular formula is C16H19N7O. The van der Waals surface area contributed by atoms with E-state index in [2.05, 4.69) is 30.9 Å². The first-order valence-electron chi connectivity index (χ1n) is 8.09. The van der Waals surface area contributed by atoms with Crippen LogP contribution in [0, 0.1) is 6.92 Å². The largest absolute Gasteiger partial charge is 0.342 e. The molecule has 1 saturated heterocycles. The SMILES string of the molecule is Cc1nc2ccc(NC(=O)c3cn(C4CCNCC4)nn3)cc2[nH]1. The fraction of sp³-hybridized carbons (Fsp3) is 0.375. The van der Waals surface area contributed by atoms with E-state index in [1.54, 1.807) is 10.9 Å². The second-order valence-electron chi connectivity index (χ2n) is 6.07. The first kappa shape index (κ1) is 14.8. The fourth-order valence-corrected chi connectivity index (χ4v) is 3.04. The van der Waals surface area contributed by atoms with Gasteiger partial charge in [0.2, 0.25) is 0 Å². The monoisotopic (exact) mass is 325 g/mol. The second kappa shape index (κ2) is 6.04. The summed E-state index contributed by atoms with van der Waals surface area (Å²) in [6.07, 6.45) is 3.73. The van der Waals surface area contributed by atoms with Crippen molar-refractivity contribution in [3.05, 3.63) is 35.9 Å². The highest BCUT2D eigenvalue weighted by Crippen LogP contribution is 2.19. The number of carbonyl (C=O) groups excluding carboxylic acids is 1. The van der Waals surface area contributed by atoms with E-state index in [1.807, 2.05) is 25.1 Å². The number of hydrogen-bond acceptors (Lipinski definition) is 5. The maximum absolute atomic E-state index is 12.4. The Morgan fingerprint density at radius 1 is 1.33 bits per heavy atom. The van der Waals surface area contributed by atoms with Gasteiger partial charge in [-0.25, -0.2) is 9.67 Å². The van der Waals surface area contributed by atoms with E-state index in [0.29, 0.717) is 17.4 Å². The Morgan fingerprint density at radius 3 is 3.00 bits per heavy atom. The molecule has 3 heterocycles. The van der Waals surface area contributed by atoms with Gasteiger partial charge in [-0.2, -0.15) is 0 Å². The number of fused-ring (bicyclic) bond motifs is 1. The number of piperidine rings is 1. The van der Waals surface area contributed by atoms with Gasteiger partial charge in [-0.1, -0.05) is 5.21 Å². The van der Waals surface area contributed by atoms with Gasteiger partial charge in [0.05, 0.1) is 23.3 Å². The average molecular weight is 325 g/mol. The normalized spacial score (nSPS) is 15.7. The average Bonchev–Trinajstić information content (AvgIpc) is 3.21. The molecule has 3 N–H and O–H groups in total. The number of aromatic amines is 1. The molecule has 1 fully saturated rings. The van der Waals surface area contributed by atoms with Crippen molar-refractivity contribution < 1.29 is 4.79 Å². The number of nitrogens with zero attached hydrogens (tertiary/aromatic N) is 4. The first-order valence-corrected chi connectivity index (χ1v) is 8.09. The van der Waals surface area contributed by atoms with Crippen molar-refractivity contribution in [1.29, 1.82) is 0 Å². The molecule has 1 amide bonds. The van der Waals surface area contributed by atoms with Crippen molar-refractivity contribution in [1.82, 2.24) is 30.3 Å². The van der Waals surface area contributed by atoms with Crippen LogP contribution in [0.2, 0.25) is 0 Å². The topological polar surface area (TPSA) is 101 Å². The fourth-order valence-electron chi connectivity index (χ4n) is 3.04. The molecule has 0 unspecified atom stereocenters. The predicted molar refractivity (Wildman–Crippen MR) is 89.9 cm³/mol. The molecule has 0 spiro atoms. The van der Waals surface area contributed by atoms with Crippen LogP contribution >= 0.6 is 0 Å². The highest BCUT2D eigenvalue weighted by Gasteiger charge is 2.19. The number of anilines is 1. The second-order valence-corrected chi connectivity index (χ2v) is 6.07. The lowest BCUT2D eigenvalue weighted by molar-refractivity contribution is 0.102. The van der Waals surface area contributed by atoms with Gasteiger partial charge < -0.3 is 15.6 Å². The van der Waals surface area contributed by atoms with E-state index >= 15 is 0 Å². The van der Waals surface area contributed by atoms with E-state index in [4.69, 9.17) is 0 Å².